The van der Waals surface area contributed by atoms with Crippen LogP contribution < -0.4 is 17.2 Å². The summed E-state index contributed by atoms with van der Waals surface area (Å²) in [5.41, 5.74) is 15.8. The van der Waals surface area contributed by atoms with E-state index >= 15 is 0 Å². The fraction of sp³-hybridized carbons (Fsp3) is 0. The first-order valence-corrected chi connectivity index (χ1v) is 5.02. The van der Waals surface area contributed by atoms with Crippen LogP contribution in [0.15, 0.2) is 12.1 Å². The van der Waals surface area contributed by atoms with Crippen LogP contribution in [0, 0.1) is 23.0 Å². The number of anilines is 3. The number of nitriles is 1. The minimum Gasteiger partial charge on any atom is -0.396 e. The zero-order valence-electron chi connectivity index (χ0n) is 9.48. The van der Waals surface area contributed by atoms with E-state index in [1.165, 1.54) is 6.07 Å². The molecule has 0 bridgehead atoms. The molecule has 1 heterocycles. The summed E-state index contributed by atoms with van der Waals surface area (Å²) in [5, 5.41) is 9.01. The highest BCUT2D eigenvalue weighted by molar-refractivity contribution is 5.81. The molecule has 0 atom stereocenters. The largest absolute Gasteiger partial charge is 0.396 e. The summed E-state index contributed by atoms with van der Waals surface area (Å²) in [6, 6.07) is 3.84. The summed E-state index contributed by atoms with van der Waals surface area (Å²) >= 11 is 0. The van der Waals surface area contributed by atoms with E-state index in [1.807, 2.05) is 0 Å². The van der Waals surface area contributed by atoms with Gasteiger partial charge in [0.25, 0.3) is 0 Å². The molecule has 0 aliphatic rings. The van der Waals surface area contributed by atoms with Crippen LogP contribution in [0.5, 0.6) is 0 Å². The third-order valence-corrected chi connectivity index (χ3v) is 2.45. The summed E-state index contributed by atoms with van der Waals surface area (Å²) in [4.78, 5) is 7.42. The number of hydrogen-bond acceptors (Lipinski definition) is 6. The summed E-state index contributed by atoms with van der Waals surface area (Å²) in [6.45, 7) is 0. The number of nitrogens with zero attached hydrogens (tertiary/aromatic N) is 3. The fourth-order valence-electron chi connectivity index (χ4n) is 1.57. The number of aromatic nitrogens is 2. The summed E-state index contributed by atoms with van der Waals surface area (Å²) in [6.07, 6.45) is 0. The minimum atomic E-state index is -1.22. The van der Waals surface area contributed by atoms with Crippen molar-refractivity contribution < 1.29 is 8.78 Å². The number of rotatable bonds is 1. The van der Waals surface area contributed by atoms with E-state index in [-0.39, 0.29) is 28.6 Å². The van der Waals surface area contributed by atoms with Gasteiger partial charge in [0.1, 0.15) is 17.5 Å². The standard InChI is InChI=1S/C11H8F2N6/c12-6-2-1-4(8(15)7(6)13)9-5(3-14)10(16)19-11(17)18-9/h1-2H,15H2,(H4,16,17,18,19). The van der Waals surface area contributed by atoms with Crippen LogP contribution in [0.4, 0.5) is 26.2 Å². The number of nitrogens with two attached hydrogens (primary N) is 3. The number of halogens is 2. The lowest BCUT2D eigenvalue weighted by atomic mass is 10.0. The third kappa shape index (κ3) is 1.97. The normalized spacial score (nSPS) is 10.2. The van der Waals surface area contributed by atoms with Crippen LogP contribution in [0.1, 0.15) is 5.56 Å². The van der Waals surface area contributed by atoms with Crippen molar-refractivity contribution in [3.63, 3.8) is 0 Å². The van der Waals surface area contributed by atoms with Crippen LogP contribution in [-0.2, 0) is 0 Å². The maximum Gasteiger partial charge on any atom is 0.222 e. The van der Waals surface area contributed by atoms with Crippen molar-refractivity contribution in [1.82, 2.24) is 9.97 Å². The first-order chi connectivity index (χ1) is 8.95. The Hall–Kier alpha value is -2.95. The van der Waals surface area contributed by atoms with Gasteiger partial charge in [0, 0.05) is 5.56 Å². The molecule has 0 spiro atoms. The molecule has 0 aliphatic heterocycles. The van der Waals surface area contributed by atoms with E-state index in [2.05, 4.69) is 9.97 Å². The fourth-order valence-corrected chi connectivity index (χ4v) is 1.57. The second-order valence-corrected chi connectivity index (χ2v) is 3.63. The van der Waals surface area contributed by atoms with Gasteiger partial charge in [0.05, 0.1) is 11.4 Å². The predicted octanol–water partition coefficient (Wildman–Crippen LogP) is 1.04. The Morgan fingerprint density at radius 3 is 2.42 bits per heavy atom. The summed E-state index contributed by atoms with van der Waals surface area (Å²) in [7, 11) is 0. The van der Waals surface area contributed by atoms with Gasteiger partial charge < -0.3 is 17.2 Å². The van der Waals surface area contributed by atoms with Crippen molar-refractivity contribution >= 4 is 17.5 Å². The Kier molecular flexibility index (Phi) is 2.88. The molecule has 2 rings (SSSR count). The van der Waals surface area contributed by atoms with Crippen LogP contribution in [0.2, 0.25) is 0 Å². The van der Waals surface area contributed by atoms with E-state index in [9.17, 15) is 8.78 Å². The van der Waals surface area contributed by atoms with Crippen LogP contribution in [-0.4, -0.2) is 9.97 Å². The van der Waals surface area contributed by atoms with Gasteiger partial charge in [0.15, 0.2) is 11.6 Å². The van der Waals surface area contributed by atoms with E-state index in [4.69, 9.17) is 22.5 Å². The van der Waals surface area contributed by atoms with Gasteiger partial charge in [-0.25, -0.2) is 13.8 Å². The molecule has 0 saturated carbocycles. The second-order valence-electron chi connectivity index (χ2n) is 3.63. The predicted molar refractivity (Wildman–Crippen MR) is 65.3 cm³/mol. The average molecular weight is 262 g/mol. The topological polar surface area (TPSA) is 128 Å². The molecule has 0 amide bonds. The minimum absolute atomic E-state index is 0.0243. The van der Waals surface area contributed by atoms with E-state index in [0.29, 0.717) is 0 Å². The quantitative estimate of drug-likeness (QED) is 0.659. The van der Waals surface area contributed by atoms with Gasteiger partial charge in [-0.05, 0) is 12.1 Å². The molecule has 0 aliphatic carbocycles. The van der Waals surface area contributed by atoms with Gasteiger partial charge in [-0.3, -0.25) is 0 Å². The van der Waals surface area contributed by atoms with Crippen molar-refractivity contribution in [3.05, 3.63) is 29.3 Å². The van der Waals surface area contributed by atoms with Crippen LogP contribution in [0.3, 0.4) is 0 Å². The Bertz CT molecular complexity index is 707. The lowest BCUT2D eigenvalue weighted by Gasteiger charge is -2.09. The van der Waals surface area contributed by atoms with Gasteiger partial charge in [-0.1, -0.05) is 0 Å². The number of hydrogen-bond donors (Lipinski definition) is 3. The van der Waals surface area contributed by atoms with Gasteiger partial charge in [0.2, 0.25) is 5.95 Å². The molecule has 6 N–H and O–H groups in total. The molecule has 0 saturated heterocycles. The Morgan fingerprint density at radius 2 is 1.79 bits per heavy atom. The third-order valence-electron chi connectivity index (χ3n) is 2.45. The van der Waals surface area contributed by atoms with Crippen LogP contribution >= 0.6 is 0 Å². The van der Waals surface area contributed by atoms with Gasteiger partial charge in [-0.15, -0.1) is 0 Å². The first-order valence-electron chi connectivity index (χ1n) is 5.02. The van der Waals surface area contributed by atoms with Gasteiger partial charge >= 0.3 is 0 Å². The van der Waals surface area contributed by atoms with Crippen molar-refractivity contribution in [2.75, 3.05) is 17.2 Å². The van der Waals surface area contributed by atoms with Crippen molar-refractivity contribution in [1.29, 1.82) is 5.26 Å². The van der Waals surface area contributed by atoms with Crippen molar-refractivity contribution in [3.8, 4) is 17.3 Å². The maximum atomic E-state index is 13.4. The summed E-state index contributed by atoms with van der Waals surface area (Å²) < 4.78 is 26.4. The second kappa shape index (κ2) is 4.38. The highest BCUT2D eigenvalue weighted by Crippen LogP contribution is 2.32. The molecule has 0 fully saturated rings. The molecule has 8 heteroatoms. The molecule has 6 nitrogen and oxygen atoms in total. The Labute approximate surface area is 106 Å². The Balaban J connectivity index is 2.80. The highest BCUT2D eigenvalue weighted by Gasteiger charge is 2.18. The zero-order chi connectivity index (χ0) is 14.2. The average Bonchev–Trinajstić information content (AvgIpc) is 2.35. The van der Waals surface area contributed by atoms with Crippen molar-refractivity contribution in [2.24, 2.45) is 0 Å². The zero-order valence-corrected chi connectivity index (χ0v) is 9.48. The lowest BCUT2D eigenvalue weighted by molar-refractivity contribution is 0.512. The molecular weight excluding hydrogens is 254 g/mol. The number of nitrogen functional groups attached to an aromatic ring is 3. The molecular formula is C11H8F2N6. The van der Waals surface area contributed by atoms with E-state index in [1.54, 1.807) is 6.07 Å². The summed E-state index contributed by atoms with van der Waals surface area (Å²) in [5.74, 6) is -2.68. The van der Waals surface area contributed by atoms with E-state index < -0.39 is 17.3 Å². The highest BCUT2D eigenvalue weighted by atomic mass is 19.2. The van der Waals surface area contributed by atoms with Crippen LogP contribution in [0.25, 0.3) is 11.3 Å². The first kappa shape index (κ1) is 12.5. The monoisotopic (exact) mass is 262 g/mol. The molecule has 1 aromatic heterocycles. The molecule has 0 radical (unpaired) electrons. The maximum absolute atomic E-state index is 13.4. The molecule has 0 unspecified atom stereocenters. The van der Waals surface area contributed by atoms with E-state index in [0.717, 1.165) is 6.07 Å². The van der Waals surface area contributed by atoms with Crippen molar-refractivity contribution in [2.45, 2.75) is 0 Å². The molecule has 1 aromatic carbocycles. The molecule has 19 heavy (non-hydrogen) atoms. The van der Waals surface area contributed by atoms with Gasteiger partial charge in [-0.2, -0.15) is 10.2 Å². The smallest absolute Gasteiger partial charge is 0.222 e. The molecule has 96 valence electrons. The SMILES string of the molecule is N#Cc1c(N)nc(N)nc1-c1ccc(F)c(F)c1N. The lowest BCUT2D eigenvalue weighted by Crippen LogP contribution is -2.07. The number of benzene rings is 1. The molecule has 2 aromatic rings. The Morgan fingerprint density at radius 1 is 1.11 bits per heavy atom.